The molecule has 1 heterocycles. The molecule has 1 atom stereocenters. The van der Waals surface area contributed by atoms with Crippen molar-refractivity contribution >= 4 is 15.9 Å². The molecular weight excluding hydrogens is 316 g/mol. The van der Waals surface area contributed by atoms with Crippen LogP contribution in [0, 0.1) is 17.0 Å². The summed E-state index contributed by atoms with van der Waals surface area (Å²) in [4.78, 5) is 0. The van der Waals surface area contributed by atoms with E-state index < -0.39 is 11.6 Å². The number of rotatable bonds is 4. The highest BCUT2D eigenvalue weighted by Gasteiger charge is 2.34. The van der Waals surface area contributed by atoms with E-state index in [1.807, 2.05) is 7.05 Å². The molecule has 0 aromatic heterocycles. The Morgan fingerprint density at radius 2 is 2.21 bits per heavy atom. The summed E-state index contributed by atoms with van der Waals surface area (Å²) in [6.45, 7) is 1.96. The molecule has 19 heavy (non-hydrogen) atoms. The molecule has 1 aliphatic rings. The van der Waals surface area contributed by atoms with Crippen molar-refractivity contribution in [3.05, 3.63) is 33.8 Å². The lowest BCUT2D eigenvalue weighted by Crippen LogP contribution is -2.42. The van der Waals surface area contributed by atoms with Crippen molar-refractivity contribution in [2.75, 3.05) is 26.8 Å². The van der Waals surface area contributed by atoms with Crippen LogP contribution in [0.3, 0.4) is 0 Å². The first-order valence-electron chi connectivity index (χ1n) is 6.43. The highest BCUT2D eigenvalue weighted by atomic mass is 79.9. The molecule has 0 radical (unpaired) electrons. The fraction of sp³-hybridized carbons (Fsp3) is 0.571. The lowest BCUT2D eigenvalue weighted by molar-refractivity contribution is -0.00704. The Morgan fingerprint density at radius 1 is 1.42 bits per heavy atom. The molecule has 0 bridgehead atoms. The Balaban J connectivity index is 2.29. The van der Waals surface area contributed by atoms with Crippen LogP contribution in [-0.4, -0.2) is 26.8 Å². The van der Waals surface area contributed by atoms with Gasteiger partial charge in [0.25, 0.3) is 0 Å². The Bertz CT molecular complexity index is 442. The van der Waals surface area contributed by atoms with Crippen molar-refractivity contribution in [2.24, 2.45) is 5.41 Å². The van der Waals surface area contributed by atoms with Crippen molar-refractivity contribution < 1.29 is 13.5 Å². The molecule has 1 aromatic carbocycles. The van der Waals surface area contributed by atoms with Crippen molar-refractivity contribution in [3.8, 4) is 0 Å². The van der Waals surface area contributed by atoms with Gasteiger partial charge in [0.1, 0.15) is 11.6 Å². The number of ether oxygens (including phenoxy) is 1. The molecule has 0 aliphatic carbocycles. The van der Waals surface area contributed by atoms with E-state index in [1.54, 1.807) is 0 Å². The normalized spacial score (nSPS) is 23.6. The molecule has 0 amide bonds. The van der Waals surface area contributed by atoms with Gasteiger partial charge in [0.2, 0.25) is 0 Å². The van der Waals surface area contributed by atoms with Crippen LogP contribution >= 0.6 is 15.9 Å². The van der Waals surface area contributed by atoms with Gasteiger partial charge in [-0.25, -0.2) is 8.78 Å². The number of hydrogen-bond acceptors (Lipinski definition) is 2. The zero-order valence-corrected chi connectivity index (χ0v) is 12.5. The van der Waals surface area contributed by atoms with E-state index >= 15 is 0 Å². The van der Waals surface area contributed by atoms with E-state index in [0.29, 0.717) is 24.0 Å². The van der Waals surface area contributed by atoms with Crippen LogP contribution in [-0.2, 0) is 11.2 Å². The summed E-state index contributed by atoms with van der Waals surface area (Å²) in [5, 5.41) is 3.12. The summed E-state index contributed by atoms with van der Waals surface area (Å²) in [5.41, 5.74) is -0.0784. The van der Waals surface area contributed by atoms with Gasteiger partial charge in [-0.05, 0) is 54.4 Å². The van der Waals surface area contributed by atoms with E-state index in [4.69, 9.17) is 4.74 Å². The summed E-state index contributed by atoms with van der Waals surface area (Å²) >= 11 is 3.11. The first-order chi connectivity index (χ1) is 9.08. The predicted molar refractivity (Wildman–Crippen MR) is 74.2 cm³/mol. The van der Waals surface area contributed by atoms with Crippen molar-refractivity contribution in [1.29, 1.82) is 0 Å². The third kappa shape index (κ3) is 3.33. The minimum Gasteiger partial charge on any atom is -0.381 e. The number of nitrogens with one attached hydrogen (secondary N) is 1. The zero-order valence-electron chi connectivity index (χ0n) is 10.9. The molecular formula is C14H18BrF2NO. The Kier molecular flexibility index (Phi) is 4.92. The van der Waals surface area contributed by atoms with Crippen LogP contribution in [0.2, 0.25) is 0 Å². The maximum absolute atomic E-state index is 14.1. The second kappa shape index (κ2) is 6.29. The molecule has 2 nitrogen and oxygen atoms in total. The number of hydrogen-bond donors (Lipinski definition) is 1. The largest absolute Gasteiger partial charge is 0.381 e. The van der Waals surface area contributed by atoms with E-state index in [9.17, 15) is 8.78 Å². The van der Waals surface area contributed by atoms with Crippen LogP contribution in [0.4, 0.5) is 8.78 Å². The van der Waals surface area contributed by atoms with E-state index in [0.717, 1.165) is 19.4 Å². The maximum atomic E-state index is 14.1. The van der Waals surface area contributed by atoms with E-state index in [1.165, 1.54) is 12.1 Å². The Labute approximate surface area is 120 Å². The third-order valence-electron chi connectivity index (χ3n) is 3.65. The minimum atomic E-state index is -0.499. The van der Waals surface area contributed by atoms with Gasteiger partial charge in [0.15, 0.2) is 0 Å². The van der Waals surface area contributed by atoms with Crippen LogP contribution in [0.25, 0.3) is 0 Å². The van der Waals surface area contributed by atoms with Crippen molar-refractivity contribution in [3.63, 3.8) is 0 Å². The molecule has 2 rings (SSSR count). The average Bonchev–Trinajstić information content (AvgIpc) is 2.41. The summed E-state index contributed by atoms with van der Waals surface area (Å²) in [6, 6.07) is 2.70. The zero-order chi connectivity index (χ0) is 13.9. The average molecular weight is 334 g/mol. The molecule has 1 saturated heterocycles. The van der Waals surface area contributed by atoms with Crippen LogP contribution in [0.5, 0.6) is 0 Å². The van der Waals surface area contributed by atoms with Gasteiger partial charge in [0, 0.05) is 24.1 Å². The van der Waals surface area contributed by atoms with Crippen LogP contribution in [0.15, 0.2) is 16.6 Å². The van der Waals surface area contributed by atoms with E-state index in [2.05, 4.69) is 21.2 Å². The summed E-state index contributed by atoms with van der Waals surface area (Å²) in [6.07, 6.45) is 2.20. The Hall–Kier alpha value is -0.520. The molecule has 0 spiro atoms. The van der Waals surface area contributed by atoms with E-state index in [-0.39, 0.29) is 11.0 Å². The molecule has 1 unspecified atom stereocenters. The fourth-order valence-corrected chi connectivity index (χ4v) is 3.10. The van der Waals surface area contributed by atoms with Crippen molar-refractivity contribution in [2.45, 2.75) is 19.3 Å². The summed E-state index contributed by atoms with van der Waals surface area (Å²) in [7, 11) is 1.85. The second-order valence-corrected chi connectivity index (χ2v) is 6.04. The molecule has 106 valence electrons. The number of benzene rings is 1. The van der Waals surface area contributed by atoms with Gasteiger partial charge in [-0.3, -0.25) is 0 Å². The van der Waals surface area contributed by atoms with Crippen LogP contribution in [0.1, 0.15) is 18.4 Å². The molecule has 0 saturated carbocycles. The smallest absolute Gasteiger partial charge is 0.143 e. The highest BCUT2D eigenvalue weighted by Crippen LogP contribution is 2.35. The topological polar surface area (TPSA) is 21.3 Å². The Morgan fingerprint density at radius 3 is 2.84 bits per heavy atom. The van der Waals surface area contributed by atoms with Crippen molar-refractivity contribution in [1.82, 2.24) is 5.32 Å². The fourth-order valence-electron chi connectivity index (χ4n) is 2.73. The quantitative estimate of drug-likeness (QED) is 0.854. The minimum absolute atomic E-state index is 0.148. The summed E-state index contributed by atoms with van der Waals surface area (Å²) in [5.74, 6) is -0.984. The SMILES string of the molecule is CNCC1(Cc2c(F)ccc(Br)c2F)CCCOC1. The molecule has 1 fully saturated rings. The maximum Gasteiger partial charge on any atom is 0.143 e. The first kappa shape index (κ1) is 14.9. The lowest BCUT2D eigenvalue weighted by atomic mass is 9.77. The van der Waals surface area contributed by atoms with Gasteiger partial charge < -0.3 is 10.1 Å². The lowest BCUT2D eigenvalue weighted by Gasteiger charge is -2.37. The molecule has 1 N–H and O–H groups in total. The van der Waals surface area contributed by atoms with Gasteiger partial charge in [0.05, 0.1) is 11.1 Å². The predicted octanol–water partition coefficient (Wildman–Crippen LogP) is 3.29. The van der Waals surface area contributed by atoms with Crippen LogP contribution < -0.4 is 5.32 Å². The molecule has 5 heteroatoms. The second-order valence-electron chi connectivity index (χ2n) is 5.18. The number of halogens is 3. The van der Waals surface area contributed by atoms with Gasteiger partial charge in [-0.1, -0.05) is 0 Å². The highest BCUT2D eigenvalue weighted by molar-refractivity contribution is 9.10. The molecule has 1 aromatic rings. The molecule has 1 aliphatic heterocycles. The standard InChI is InChI=1S/C14H18BrF2NO/c1-18-8-14(5-2-6-19-9-14)7-10-12(16)4-3-11(15)13(10)17/h3-4,18H,2,5-9H2,1H3. The summed E-state index contributed by atoms with van der Waals surface area (Å²) < 4.78 is 33.8. The van der Waals surface area contributed by atoms with Gasteiger partial charge in [-0.2, -0.15) is 0 Å². The monoisotopic (exact) mass is 333 g/mol. The van der Waals surface area contributed by atoms with Gasteiger partial charge >= 0.3 is 0 Å². The third-order valence-corrected chi connectivity index (χ3v) is 4.26. The van der Waals surface area contributed by atoms with Gasteiger partial charge in [-0.15, -0.1) is 0 Å². The first-order valence-corrected chi connectivity index (χ1v) is 7.22.